The predicted octanol–water partition coefficient (Wildman–Crippen LogP) is 1.69. The summed E-state index contributed by atoms with van der Waals surface area (Å²) in [6.45, 7) is 1.10. The predicted molar refractivity (Wildman–Crippen MR) is 137 cm³/mol. The quantitative estimate of drug-likeness (QED) is 0.449. The molecule has 3 heterocycles. The molecule has 1 aromatic heterocycles. The fraction of sp³-hybridized carbons (Fsp3) is 0.556. The fourth-order valence-corrected chi connectivity index (χ4v) is 6.44. The molecule has 4 amide bonds. The number of benzene rings is 1. The number of H-pyrrole nitrogens is 1. The highest BCUT2D eigenvalue weighted by Gasteiger charge is 2.49. The standard InChI is InChI=1S/C27H35N5O5/c1-37-22-10-4-9-19-18(22)13-21(30-19)27(36)32-14-16-6-2-3-8-17(16)23(32)26(35)31-20(24(28)33)12-15-7-5-11-29-25(15)34/h4,9-10,13,15-17,20,23,30H,2-3,5-8,11-12,14H2,1H3,(H2,28,33)(H,29,34)(H,31,35)/t15-,16-,17-,20-,23-/m0/s1. The molecule has 3 aliphatic rings. The van der Waals surface area contributed by atoms with E-state index in [1.54, 1.807) is 18.1 Å². The highest BCUT2D eigenvalue weighted by molar-refractivity contribution is 6.02. The Morgan fingerprint density at radius 2 is 2.00 bits per heavy atom. The van der Waals surface area contributed by atoms with Crippen molar-refractivity contribution in [1.82, 2.24) is 20.5 Å². The number of methoxy groups -OCH3 is 1. The minimum atomic E-state index is -0.974. The number of aromatic nitrogens is 1. The smallest absolute Gasteiger partial charge is 0.271 e. The summed E-state index contributed by atoms with van der Waals surface area (Å²) in [6.07, 6.45) is 5.50. The Labute approximate surface area is 215 Å². The molecule has 10 heteroatoms. The van der Waals surface area contributed by atoms with Crippen LogP contribution < -0.4 is 21.1 Å². The van der Waals surface area contributed by atoms with Crippen molar-refractivity contribution in [2.75, 3.05) is 20.2 Å². The number of nitrogens with two attached hydrogens (primary N) is 1. The lowest BCUT2D eigenvalue weighted by Crippen LogP contribution is -2.55. The number of nitrogens with zero attached hydrogens (tertiary/aromatic N) is 1. The lowest BCUT2D eigenvalue weighted by molar-refractivity contribution is -0.133. The van der Waals surface area contributed by atoms with E-state index < -0.39 is 18.0 Å². The first kappa shape index (κ1) is 25.1. The Hall–Kier alpha value is -3.56. The Balaban J connectivity index is 1.39. The van der Waals surface area contributed by atoms with Crippen LogP contribution in [0.4, 0.5) is 0 Å². The topological polar surface area (TPSA) is 147 Å². The van der Waals surface area contributed by atoms with Crippen LogP contribution in [-0.2, 0) is 14.4 Å². The third-order valence-corrected chi connectivity index (χ3v) is 8.32. The van der Waals surface area contributed by atoms with Crippen LogP contribution in [0.3, 0.4) is 0 Å². The second-order valence-corrected chi connectivity index (χ2v) is 10.5. The van der Waals surface area contributed by atoms with Gasteiger partial charge < -0.3 is 31.0 Å². The minimum Gasteiger partial charge on any atom is -0.496 e. The molecule has 10 nitrogen and oxygen atoms in total. The van der Waals surface area contributed by atoms with Crippen LogP contribution in [-0.4, -0.2) is 65.8 Å². The van der Waals surface area contributed by atoms with Gasteiger partial charge in [-0.1, -0.05) is 18.9 Å². The number of rotatable bonds is 7. The molecular formula is C27H35N5O5. The van der Waals surface area contributed by atoms with E-state index in [4.69, 9.17) is 10.5 Å². The number of carbonyl (C=O) groups excluding carboxylic acids is 4. The van der Waals surface area contributed by atoms with Gasteiger partial charge in [0, 0.05) is 29.9 Å². The van der Waals surface area contributed by atoms with Crippen molar-refractivity contribution in [3.8, 4) is 5.75 Å². The number of amides is 4. The molecular weight excluding hydrogens is 474 g/mol. The zero-order valence-corrected chi connectivity index (χ0v) is 21.1. The van der Waals surface area contributed by atoms with Gasteiger partial charge in [-0.05, 0) is 62.1 Å². The molecule has 1 saturated carbocycles. The van der Waals surface area contributed by atoms with Crippen LogP contribution in [0.2, 0.25) is 0 Å². The molecule has 2 aliphatic heterocycles. The Morgan fingerprint density at radius 1 is 1.19 bits per heavy atom. The van der Waals surface area contributed by atoms with Crippen molar-refractivity contribution in [3.05, 3.63) is 30.0 Å². The second kappa shape index (κ2) is 10.4. The molecule has 2 aromatic rings. The van der Waals surface area contributed by atoms with E-state index in [1.165, 1.54) is 0 Å². The molecule has 2 saturated heterocycles. The van der Waals surface area contributed by atoms with Gasteiger partial charge in [0.1, 0.15) is 23.5 Å². The largest absolute Gasteiger partial charge is 0.496 e. The molecule has 1 aromatic carbocycles. The van der Waals surface area contributed by atoms with Gasteiger partial charge in [-0.15, -0.1) is 0 Å². The van der Waals surface area contributed by atoms with Crippen molar-refractivity contribution < 1.29 is 23.9 Å². The summed E-state index contributed by atoms with van der Waals surface area (Å²) in [6, 6.07) is 5.65. The van der Waals surface area contributed by atoms with Gasteiger partial charge in [0.25, 0.3) is 5.91 Å². The third-order valence-electron chi connectivity index (χ3n) is 8.32. The number of likely N-dealkylation sites (tertiary alicyclic amines) is 1. The van der Waals surface area contributed by atoms with Crippen molar-refractivity contribution in [3.63, 3.8) is 0 Å². The SMILES string of the molecule is COc1cccc2[nH]c(C(=O)N3C[C@@H]4CCCC[C@@H]4[C@H]3C(=O)N[C@@H](C[C@@H]3CCCNC3=O)C(N)=O)cc12. The first-order chi connectivity index (χ1) is 17.9. The fourth-order valence-electron chi connectivity index (χ4n) is 6.44. The number of aromatic amines is 1. The Kier molecular flexibility index (Phi) is 7.08. The Morgan fingerprint density at radius 3 is 2.76 bits per heavy atom. The van der Waals surface area contributed by atoms with Crippen molar-refractivity contribution in [1.29, 1.82) is 0 Å². The van der Waals surface area contributed by atoms with Gasteiger partial charge >= 0.3 is 0 Å². The lowest BCUT2D eigenvalue weighted by atomic mass is 9.78. The number of piperidine rings is 1. The first-order valence-corrected chi connectivity index (χ1v) is 13.2. The van der Waals surface area contributed by atoms with Crippen LogP contribution in [0, 0.1) is 17.8 Å². The highest BCUT2D eigenvalue weighted by atomic mass is 16.5. The molecule has 5 N–H and O–H groups in total. The summed E-state index contributed by atoms with van der Waals surface area (Å²) in [5.41, 5.74) is 6.82. The molecule has 1 aliphatic carbocycles. The summed E-state index contributed by atoms with van der Waals surface area (Å²) >= 11 is 0. The van der Waals surface area contributed by atoms with Crippen LogP contribution in [0.15, 0.2) is 24.3 Å². The van der Waals surface area contributed by atoms with Gasteiger partial charge in [-0.3, -0.25) is 19.2 Å². The number of fused-ring (bicyclic) bond motifs is 2. The molecule has 5 atom stereocenters. The van der Waals surface area contributed by atoms with E-state index in [0.29, 0.717) is 31.0 Å². The van der Waals surface area contributed by atoms with Crippen molar-refractivity contribution in [2.24, 2.45) is 23.5 Å². The number of nitrogens with one attached hydrogen (secondary N) is 3. The molecule has 3 fully saturated rings. The molecule has 0 unspecified atom stereocenters. The molecule has 0 spiro atoms. The van der Waals surface area contributed by atoms with Gasteiger partial charge in [-0.2, -0.15) is 0 Å². The minimum absolute atomic E-state index is 0.0168. The molecule has 0 radical (unpaired) electrons. The monoisotopic (exact) mass is 509 g/mol. The van der Waals surface area contributed by atoms with Gasteiger partial charge in [0.05, 0.1) is 7.11 Å². The highest BCUT2D eigenvalue weighted by Crippen LogP contribution is 2.41. The van der Waals surface area contributed by atoms with E-state index in [9.17, 15) is 19.2 Å². The maximum absolute atomic E-state index is 13.8. The van der Waals surface area contributed by atoms with Crippen LogP contribution in [0.5, 0.6) is 5.75 Å². The number of primary amides is 1. The molecule has 0 bridgehead atoms. The Bertz CT molecular complexity index is 1210. The first-order valence-electron chi connectivity index (χ1n) is 13.2. The number of ether oxygens (including phenoxy) is 1. The van der Waals surface area contributed by atoms with E-state index in [-0.39, 0.29) is 41.9 Å². The molecule has 37 heavy (non-hydrogen) atoms. The number of carbonyl (C=O) groups is 4. The number of hydrogen-bond donors (Lipinski definition) is 4. The van der Waals surface area contributed by atoms with Crippen LogP contribution >= 0.6 is 0 Å². The van der Waals surface area contributed by atoms with E-state index in [2.05, 4.69) is 15.6 Å². The van der Waals surface area contributed by atoms with Crippen LogP contribution in [0.25, 0.3) is 10.9 Å². The van der Waals surface area contributed by atoms with Crippen molar-refractivity contribution in [2.45, 2.75) is 57.0 Å². The summed E-state index contributed by atoms with van der Waals surface area (Å²) in [5.74, 6) is -0.903. The van der Waals surface area contributed by atoms with Gasteiger partial charge in [0.15, 0.2) is 0 Å². The normalized spacial score (nSPS) is 26.3. The van der Waals surface area contributed by atoms with E-state index in [0.717, 1.165) is 43.0 Å². The zero-order chi connectivity index (χ0) is 26.1. The van der Waals surface area contributed by atoms with E-state index >= 15 is 0 Å². The lowest BCUT2D eigenvalue weighted by Gasteiger charge is -2.31. The average molecular weight is 510 g/mol. The summed E-state index contributed by atoms with van der Waals surface area (Å²) in [5, 5.41) is 6.43. The molecule has 5 rings (SSSR count). The third kappa shape index (κ3) is 4.89. The maximum Gasteiger partial charge on any atom is 0.271 e. The summed E-state index contributed by atoms with van der Waals surface area (Å²) in [4.78, 5) is 56.9. The van der Waals surface area contributed by atoms with E-state index in [1.807, 2.05) is 18.2 Å². The summed E-state index contributed by atoms with van der Waals surface area (Å²) < 4.78 is 5.44. The van der Waals surface area contributed by atoms with Gasteiger partial charge in [-0.25, -0.2) is 0 Å². The maximum atomic E-state index is 13.8. The van der Waals surface area contributed by atoms with Crippen molar-refractivity contribution >= 4 is 34.5 Å². The second-order valence-electron chi connectivity index (χ2n) is 10.5. The average Bonchev–Trinajstić information content (AvgIpc) is 3.51. The molecule has 198 valence electrons. The summed E-state index contributed by atoms with van der Waals surface area (Å²) in [7, 11) is 1.58. The van der Waals surface area contributed by atoms with Gasteiger partial charge in [0.2, 0.25) is 17.7 Å². The number of hydrogen-bond acceptors (Lipinski definition) is 5. The zero-order valence-electron chi connectivity index (χ0n) is 21.1. The van der Waals surface area contributed by atoms with Crippen LogP contribution in [0.1, 0.15) is 55.4 Å².